The maximum absolute atomic E-state index is 10.3. The van der Waals surface area contributed by atoms with E-state index in [1.165, 1.54) is 0 Å². The van der Waals surface area contributed by atoms with Gasteiger partial charge in [-0.2, -0.15) is 0 Å². The molecule has 0 aromatic heterocycles. The first-order valence-corrected chi connectivity index (χ1v) is 3.84. The van der Waals surface area contributed by atoms with Gasteiger partial charge in [0.15, 0.2) is 0 Å². The summed E-state index contributed by atoms with van der Waals surface area (Å²) in [6, 6.07) is -0.282. The van der Waals surface area contributed by atoms with Gasteiger partial charge in [-0.3, -0.25) is 4.79 Å². The zero-order valence-electron chi connectivity index (χ0n) is 8.13. The molecule has 0 rings (SSSR count). The first-order chi connectivity index (χ1) is 5.45. The maximum atomic E-state index is 10.3. The number of ketones is 1. The number of nitrogens with one attached hydrogen (secondary N) is 1. The van der Waals surface area contributed by atoms with Crippen molar-refractivity contribution in [3.05, 3.63) is 0 Å². The highest BCUT2D eigenvalue weighted by molar-refractivity contribution is 5.80. The molecule has 0 aliphatic carbocycles. The summed E-state index contributed by atoms with van der Waals surface area (Å²) >= 11 is 0. The number of carbonyl (C=O) groups is 2. The lowest BCUT2D eigenvalue weighted by molar-refractivity contribution is -0.118. The van der Waals surface area contributed by atoms with Crippen molar-refractivity contribution in [2.45, 2.75) is 40.3 Å². The third kappa shape index (κ3) is 18.3. The van der Waals surface area contributed by atoms with Gasteiger partial charge in [0.05, 0.1) is 12.1 Å². The van der Waals surface area contributed by atoms with Crippen LogP contribution in [0.1, 0.15) is 28.2 Å². The Bertz CT molecular complexity index is 136. The molecule has 0 amide bonds. The van der Waals surface area contributed by atoms with Gasteiger partial charge in [0.1, 0.15) is 12.1 Å². The fraction of sp³-hybridized carbons (Fsp3) is 0.778. The quantitative estimate of drug-likeness (QED) is 0.630. The van der Waals surface area contributed by atoms with Crippen LogP contribution in [-0.2, 0) is 9.59 Å². The Morgan fingerprint density at radius 3 is 1.77 bits per heavy atom. The number of hydrogen-bond donors (Lipinski definition) is 2. The third-order valence-electron chi connectivity index (χ3n) is 1.26. The number of hydrogen-bond acceptors (Lipinski definition) is 4. The summed E-state index contributed by atoms with van der Waals surface area (Å²) in [5.41, 5.74) is 4.92. The van der Waals surface area contributed by atoms with Crippen LogP contribution in [0.5, 0.6) is 0 Å². The van der Waals surface area contributed by atoms with Crippen molar-refractivity contribution in [1.29, 1.82) is 0 Å². The normalized spacial score (nSPS) is 12.7. The number of carbonyl (C=O) groups excluding carboxylic acids is 2. The summed E-state index contributed by atoms with van der Waals surface area (Å²) in [7, 11) is 1.77. The van der Waals surface area contributed by atoms with Crippen LogP contribution in [0.2, 0.25) is 0 Å². The van der Waals surface area contributed by atoms with E-state index >= 15 is 0 Å². The summed E-state index contributed by atoms with van der Waals surface area (Å²) in [6.45, 7) is 5.04. The van der Waals surface area contributed by atoms with Gasteiger partial charge in [-0.1, -0.05) is 7.43 Å². The molecule has 4 heteroatoms. The van der Waals surface area contributed by atoms with Gasteiger partial charge in [0.25, 0.3) is 0 Å². The fourth-order valence-corrected chi connectivity index (χ4v) is 0.203. The molecule has 0 aliphatic rings. The second kappa shape index (κ2) is 11.3. The molecule has 3 N–H and O–H groups in total. The zero-order chi connectivity index (χ0) is 10.1. The molecule has 0 saturated carbocycles. The first kappa shape index (κ1) is 18.1. The molecule has 0 aromatic rings. The summed E-state index contributed by atoms with van der Waals surface area (Å²) in [5.74, 6) is 0.183. The number of Topliss-reactive ketones (excluding diaryl/α,β-unsaturated/α-hetero) is 1. The van der Waals surface area contributed by atoms with Crippen molar-refractivity contribution in [2.75, 3.05) is 7.05 Å². The van der Waals surface area contributed by atoms with Gasteiger partial charge in [0.2, 0.25) is 0 Å². The van der Waals surface area contributed by atoms with E-state index in [0.717, 1.165) is 0 Å². The Morgan fingerprint density at radius 1 is 1.46 bits per heavy atom. The van der Waals surface area contributed by atoms with Crippen LogP contribution in [0.4, 0.5) is 0 Å². The zero-order valence-corrected chi connectivity index (χ0v) is 8.13. The molecule has 2 atom stereocenters. The summed E-state index contributed by atoms with van der Waals surface area (Å²) in [6.07, 6.45) is 0.694. The predicted octanol–water partition coefficient (Wildman–Crippen LogP) is 0.352. The van der Waals surface area contributed by atoms with Crippen molar-refractivity contribution in [3.63, 3.8) is 0 Å². The molecule has 0 heterocycles. The minimum atomic E-state index is -0.296. The monoisotopic (exact) mass is 190 g/mol. The Balaban J connectivity index is -0.000000150. The van der Waals surface area contributed by atoms with Crippen LogP contribution in [0.15, 0.2) is 0 Å². The molecular weight excluding hydrogens is 168 g/mol. The fourth-order valence-electron chi connectivity index (χ4n) is 0.203. The van der Waals surface area contributed by atoms with Gasteiger partial charge in [0, 0.05) is 0 Å². The van der Waals surface area contributed by atoms with Gasteiger partial charge in [-0.05, 0) is 27.8 Å². The lowest BCUT2D eigenvalue weighted by Crippen LogP contribution is -2.28. The highest BCUT2D eigenvalue weighted by atomic mass is 16.1. The molecule has 0 saturated heterocycles. The van der Waals surface area contributed by atoms with Crippen LogP contribution >= 0.6 is 0 Å². The van der Waals surface area contributed by atoms with Crippen molar-refractivity contribution in [3.8, 4) is 0 Å². The van der Waals surface area contributed by atoms with Gasteiger partial charge in [-0.15, -0.1) is 0 Å². The molecule has 0 aliphatic heterocycles. The highest BCUT2D eigenvalue weighted by Crippen LogP contribution is 1.77. The molecular formula is C9H22N2O2. The minimum absolute atomic E-state index is 0. The topological polar surface area (TPSA) is 72.2 Å². The Morgan fingerprint density at radius 2 is 1.77 bits per heavy atom. The molecule has 0 aromatic carbocycles. The lowest BCUT2D eigenvalue weighted by atomic mass is 10.2. The average Bonchev–Trinajstić information content (AvgIpc) is 2.04. The molecule has 0 spiro atoms. The maximum Gasteiger partial charge on any atom is 0.146 e. The van der Waals surface area contributed by atoms with Crippen LogP contribution in [0.3, 0.4) is 0 Å². The van der Waals surface area contributed by atoms with Crippen LogP contribution in [0, 0.1) is 0 Å². The minimum Gasteiger partial charge on any atom is -0.322 e. The first-order valence-electron chi connectivity index (χ1n) is 3.84. The Labute approximate surface area is 80.9 Å². The van der Waals surface area contributed by atoms with E-state index in [4.69, 9.17) is 5.73 Å². The third-order valence-corrected chi connectivity index (χ3v) is 1.26. The summed E-state index contributed by atoms with van der Waals surface area (Å²) in [4.78, 5) is 19.7. The molecule has 13 heavy (non-hydrogen) atoms. The van der Waals surface area contributed by atoms with E-state index in [1.54, 1.807) is 20.9 Å². The number of rotatable bonds is 3. The lowest BCUT2D eigenvalue weighted by Gasteiger charge is -2.01. The van der Waals surface area contributed by atoms with Gasteiger partial charge >= 0.3 is 0 Å². The Hall–Kier alpha value is -0.740. The van der Waals surface area contributed by atoms with Crippen LogP contribution in [-0.4, -0.2) is 31.2 Å². The molecule has 0 radical (unpaired) electrons. The van der Waals surface area contributed by atoms with Crippen LogP contribution < -0.4 is 11.1 Å². The van der Waals surface area contributed by atoms with Gasteiger partial charge in [-0.25, -0.2) is 0 Å². The van der Waals surface area contributed by atoms with E-state index in [-0.39, 0.29) is 25.3 Å². The predicted molar refractivity (Wildman–Crippen MR) is 55.6 cm³/mol. The summed E-state index contributed by atoms with van der Waals surface area (Å²) < 4.78 is 0. The van der Waals surface area contributed by atoms with Crippen molar-refractivity contribution >= 4 is 12.1 Å². The number of aldehydes is 1. The SMILES string of the molecule is C.CC(N)C=O.CNC(C)C(C)=O. The molecule has 4 nitrogen and oxygen atoms in total. The largest absolute Gasteiger partial charge is 0.322 e. The number of nitrogens with two attached hydrogens (primary N) is 1. The van der Waals surface area contributed by atoms with Crippen molar-refractivity contribution in [2.24, 2.45) is 5.73 Å². The highest BCUT2D eigenvalue weighted by Gasteiger charge is 2.00. The van der Waals surface area contributed by atoms with E-state index in [2.05, 4.69) is 5.32 Å². The summed E-state index contributed by atoms with van der Waals surface area (Å²) in [5, 5.41) is 2.81. The Kier molecular flexibility index (Phi) is 15.7. The molecule has 0 fully saturated rings. The smallest absolute Gasteiger partial charge is 0.146 e. The standard InChI is InChI=1S/C5H11NO.C3H7NO.CH4/c1-4(6-3)5(2)7;1-3(4)2-5;/h4,6H,1-3H3;2-3H,4H2,1H3;1H4. The second-order valence-electron chi connectivity index (χ2n) is 2.62. The van der Waals surface area contributed by atoms with Crippen LogP contribution in [0.25, 0.3) is 0 Å². The van der Waals surface area contributed by atoms with E-state index in [9.17, 15) is 9.59 Å². The molecule has 80 valence electrons. The number of likely N-dealkylation sites (N-methyl/N-ethyl adjacent to an activating group) is 1. The average molecular weight is 190 g/mol. The van der Waals surface area contributed by atoms with E-state index < -0.39 is 0 Å². The van der Waals surface area contributed by atoms with E-state index in [0.29, 0.717) is 6.29 Å². The molecule has 0 bridgehead atoms. The van der Waals surface area contributed by atoms with Crippen molar-refractivity contribution in [1.82, 2.24) is 5.32 Å². The van der Waals surface area contributed by atoms with Crippen molar-refractivity contribution < 1.29 is 9.59 Å². The second-order valence-corrected chi connectivity index (χ2v) is 2.62. The van der Waals surface area contributed by atoms with E-state index in [1.807, 2.05) is 6.92 Å². The van der Waals surface area contributed by atoms with Gasteiger partial charge < -0.3 is 15.8 Å². The molecule has 2 unspecified atom stereocenters.